The van der Waals surface area contributed by atoms with Crippen LogP contribution in [0, 0.1) is 6.92 Å². The zero-order valence-corrected chi connectivity index (χ0v) is 11.1. The van der Waals surface area contributed by atoms with E-state index in [0.29, 0.717) is 18.0 Å². The molecule has 1 aromatic carbocycles. The van der Waals surface area contributed by atoms with Crippen LogP contribution in [0.4, 0.5) is 0 Å². The minimum absolute atomic E-state index is 0.0519. The van der Waals surface area contributed by atoms with E-state index >= 15 is 0 Å². The molecule has 0 saturated carbocycles. The fourth-order valence-electron chi connectivity index (χ4n) is 1.99. The summed E-state index contributed by atoms with van der Waals surface area (Å²) in [5.74, 6) is 2.17. The molecule has 0 N–H and O–H groups in total. The predicted molar refractivity (Wildman–Crippen MR) is 77.1 cm³/mol. The second-order valence-electron chi connectivity index (χ2n) is 4.56. The highest BCUT2D eigenvalue weighted by Gasteiger charge is 2.19. The van der Waals surface area contributed by atoms with Crippen molar-refractivity contribution in [3.8, 4) is 0 Å². The van der Waals surface area contributed by atoms with Crippen LogP contribution in [0.2, 0.25) is 0 Å². The first-order valence-electron chi connectivity index (χ1n) is 6.43. The Morgan fingerprint density at radius 3 is 2.80 bits per heavy atom. The number of amidine groups is 1. The van der Waals surface area contributed by atoms with Crippen molar-refractivity contribution in [2.24, 2.45) is 20.4 Å². The van der Waals surface area contributed by atoms with Crippen molar-refractivity contribution in [2.75, 3.05) is 0 Å². The highest BCUT2D eigenvalue weighted by molar-refractivity contribution is 5.85. The fourth-order valence-corrected chi connectivity index (χ4v) is 1.99. The molecule has 100 valence electrons. The van der Waals surface area contributed by atoms with E-state index in [1.54, 1.807) is 6.21 Å². The summed E-state index contributed by atoms with van der Waals surface area (Å²) in [6, 6.07) is 13.9. The maximum absolute atomic E-state index is 5.37. The number of aryl methyl sites for hydroxylation is 1. The van der Waals surface area contributed by atoms with E-state index in [2.05, 4.69) is 20.4 Å². The zero-order chi connectivity index (χ0) is 13.8. The summed E-state index contributed by atoms with van der Waals surface area (Å²) in [5, 5.41) is 16.3. The Labute approximate surface area is 116 Å². The van der Waals surface area contributed by atoms with Crippen LogP contribution in [0.25, 0.3) is 0 Å². The molecule has 5 nitrogen and oxygen atoms in total. The van der Waals surface area contributed by atoms with Crippen LogP contribution in [0.3, 0.4) is 0 Å². The SMILES string of the molecule is Cc1ccc(/C=N\N=C2\C[C@@H](c3ccccc3)N=N2)o1. The molecule has 0 fully saturated rings. The van der Waals surface area contributed by atoms with Gasteiger partial charge in [-0.1, -0.05) is 30.3 Å². The monoisotopic (exact) mass is 266 g/mol. The van der Waals surface area contributed by atoms with Gasteiger partial charge in [0.25, 0.3) is 0 Å². The topological polar surface area (TPSA) is 62.6 Å². The average molecular weight is 266 g/mol. The van der Waals surface area contributed by atoms with Gasteiger partial charge in [-0.05, 0) is 24.6 Å². The Kier molecular flexibility index (Phi) is 3.50. The Hall–Kier alpha value is -2.56. The minimum atomic E-state index is 0.0519. The molecule has 1 atom stereocenters. The Morgan fingerprint density at radius 1 is 1.20 bits per heavy atom. The molecule has 0 radical (unpaired) electrons. The molecule has 0 saturated heterocycles. The number of benzene rings is 1. The standard InChI is InChI=1S/C15H14N4O/c1-11-7-8-13(20-11)10-16-18-15-9-14(17-19-15)12-5-3-2-4-6-12/h2-8,10,14H,9H2,1H3/b16-10-,18-15-/t14-/m0/s1. The van der Waals surface area contributed by atoms with Gasteiger partial charge in [0, 0.05) is 6.42 Å². The molecule has 3 rings (SSSR count). The summed E-state index contributed by atoms with van der Waals surface area (Å²) in [6.45, 7) is 1.89. The molecule has 0 amide bonds. The molecule has 0 unspecified atom stereocenters. The van der Waals surface area contributed by atoms with Crippen LogP contribution in [0.1, 0.15) is 29.5 Å². The number of nitrogens with zero attached hydrogens (tertiary/aromatic N) is 4. The van der Waals surface area contributed by atoms with Crippen LogP contribution in [0.15, 0.2) is 67.3 Å². The second-order valence-corrected chi connectivity index (χ2v) is 4.56. The van der Waals surface area contributed by atoms with Crippen molar-refractivity contribution in [2.45, 2.75) is 19.4 Å². The summed E-state index contributed by atoms with van der Waals surface area (Å²) in [5.41, 5.74) is 1.15. The number of hydrogen-bond donors (Lipinski definition) is 0. The van der Waals surface area contributed by atoms with Crippen molar-refractivity contribution < 1.29 is 4.42 Å². The molecule has 0 bridgehead atoms. The Morgan fingerprint density at radius 2 is 2.05 bits per heavy atom. The first kappa shape index (κ1) is 12.5. The first-order valence-corrected chi connectivity index (χ1v) is 6.43. The molecule has 2 aromatic rings. The third-order valence-corrected chi connectivity index (χ3v) is 2.99. The van der Waals surface area contributed by atoms with E-state index in [9.17, 15) is 0 Å². The summed E-state index contributed by atoms with van der Waals surface area (Å²) >= 11 is 0. The summed E-state index contributed by atoms with van der Waals surface area (Å²) in [6.07, 6.45) is 2.25. The van der Waals surface area contributed by atoms with Gasteiger partial charge in [0.2, 0.25) is 0 Å². The zero-order valence-electron chi connectivity index (χ0n) is 11.1. The van der Waals surface area contributed by atoms with Gasteiger partial charge < -0.3 is 4.42 Å². The lowest BCUT2D eigenvalue weighted by Crippen LogP contribution is -1.95. The number of furan rings is 1. The van der Waals surface area contributed by atoms with Crippen LogP contribution in [-0.2, 0) is 0 Å². The quantitative estimate of drug-likeness (QED) is 0.613. The maximum atomic E-state index is 5.37. The summed E-state index contributed by atoms with van der Waals surface area (Å²) < 4.78 is 5.37. The average Bonchev–Trinajstić information content (AvgIpc) is 3.09. The number of rotatable bonds is 3. The van der Waals surface area contributed by atoms with E-state index in [1.165, 1.54) is 0 Å². The fraction of sp³-hybridized carbons (Fsp3) is 0.200. The molecule has 5 heteroatoms. The van der Waals surface area contributed by atoms with E-state index in [1.807, 2.05) is 49.4 Å². The molecule has 0 aliphatic carbocycles. The van der Waals surface area contributed by atoms with Crippen LogP contribution in [0.5, 0.6) is 0 Å². The minimum Gasteiger partial charge on any atom is -0.460 e. The molecule has 20 heavy (non-hydrogen) atoms. The molecule has 1 aliphatic rings. The smallest absolute Gasteiger partial charge is 0.175 e. The molecular formula is C15H14N4O. The number of azo groups is 1. The third kappa shape index (κ3) is 2.88. The summed E-state index contributed by atoms with van der Waals surface area (Å²) in [4.78, 5) is 0. The Bertz CT molecular complexity index is 670. The van der Waals surface area contributed by atoms with Crippen molar-refractivity contribution in [1.29, 1.82) is 0 Å². The van der Waals surface area contributed by atoms with Gasteiger partial charge in [-0.2, -0.15) is 10.2 Å². The lowest BCUT2D eigenvalue weighted by atomic mass is 10.1. The largest absolute Gasteiger partial charge is 0.460 e. The van der Waals surface area contributed by atoms with Gasteiger partial charge in [0.15, 0.2) is 5.84 Å². The Balaban J connectivity index is 1.64. The lowest BCUT2D eigenvalue weighted by Gasteiger charge is -2.02. The van der Waals surface area contributed by atoms with Crippen LogP contribution < -0.4 is 0 Å². The van der Waals surface area contributed by atoms with Gasteiger partial charge in [-0.3, -0.25) is 0 Å². The maximum Gasteiger partial charge on any atom is 0.175 e. The molecular weight excluding hydrogens is 252 g/mol. The first-order chi connectivity index (χ1) is 9.81. The molecule has 1 aliphatic heterocycles. The highest BCUT2D eigenvalue weighted by atomic mass is 16.3. The van der Waals surface area contributed by atoms with Crippen molar-refractivity contribution in [3.05, 3.63) is 59.5 Å². The van der Waals surface area contributed by atoms with Gasteiger partial charge in [-0.15, -0.1) is 10.2 Å². The van der Waals surface area contributed by atoms with E-state index in [0.717, 1.165) is 11.3 Å². The van der Waals surface area contributed by atoms with E-state index in [-0.39, 0.29) is 6.04 Å². The van der Waals surface area contributed by atoms with Gasteiger partial charge in [0.1, 0.15) is 17.6 Å². The molecule has 2 heterocycles. The highest BCUT2D eigenvalue weighted by Crippen LogP contribution is 2.27. The van der Waals surface area contributed by atoms with Crippen molar-refractivity contribution in [1.82, 2.24) is 0 Å². The van der Waals surface area contributed by atoms with Crippen molar-refractivity contribution >= 4 is 12.1 Å². The van der Waals surface area contributed by atoms with Gasteiger partial charge in [0.05, 0.1) is 6.21 Å². The van der Waals surface area contributed by atoms with Crippen LogP contribution >= 0.6 is 0 Å². The van der Waals surface area contributed by atoms with Gasteiger partial charge in [-0.25, -0.2) is 0 Å². The third-order valence-electron chi connectivity index (χ3n) is 2.99. The second kappa shape index (κ2) is 5.61. The van der Waals surface area contributed by atoms with E-state index < -0.39 is 0 Å². The van der Waals surface area contributed by atoms with Crippen LogP contribution in [-0.4, -0.2) is 12.1 Å². The van der Waals surface area contributed by atoms with E-state index in [4.69, 9.17) is 4.42 Å². The number of hydrogen-bond acceptors (Lipinski definition) is 4. The van der Waals surface area contributed by atoms with Crippen molar-refractivity contribution in [3.63, 3.8) is 0 Å². The predicted octanol–water partition coefficient (Wildman–Crippen LogP) is 3.92. The molecule has 0 spiro atoms. The lowest BCUT2D eigenvalue weighted by molar-refractivity contribution is 0.528. The normalized spacial score (nSPS) is 20.2. The van der Waals surface area contributed by atoms with Gasteiger partial charge >= 0.3 is 0 Å². The summed E-state index contributed by atoms with van der Waals surface area (Å²) in [7, 11) is 0. The molecule has 1 aromatic heterocycles.